The fourth-order valence-corrected chi connectivity index (χ4v) is 4.73. The standard InChI is InChI=1S/C23H27FN2O/c1-15-5-3-6-17-7-4-8-22(23(15)17)25-21-11-12-26(16(2)27)14-18-13-19(24)9-10-20(18)21/h3,5-6,9-10,13,21-22,25H,4,7-8,11-12,14H2,1-2H3. The summed E-state index contributed by atoms with van der Waals surface area (Å²) in [6.45, 7) is 4.96. The molecule has 2 atom stereocenters. The zero-order valence-corrected chi connectivity index (χ0v) is 16.1. The van der Waals surface area contributed by atoms with Gasteiger partial charge in [-0.25, -0.2) is 4.39 Å². The van der Waals surface area contributed by atoms with E-state index < -0.39 is 0 Å². The Morgan fingerprint density at radius 2 is 2.00 bits per heavy atom. The third kappa shape index (κ3) is 3.63. The normalized spacial score (nSPS) is 22.0. The van der Waals surface area contributed by atoms with Crippen molar-refractivity contribution >= 4 is 5.91 Å². The Hall–Kier alpha value is -2.20. The Morgan fingerprint density at radius 3 is 2.81 bits per heavy atom. The Bertz CT molecular complexity index is 863. The van der Waals surface area contributed by atoms with Crippen molar-refractivity contribution in [2.45, 2.75) is 58.2 Å². The zero-order valence-electron chi connectivity index (χ0n) is 16.1. The maximum atomic E-state index is 13.9. The van der Waals surface area contributed by atoms with Crippen LogP contribution in [-0.2, 0) is 17.8 Å². The van der Waals surface area contributed by atoms with Crippen molar-refractivity contribution in [3.63, 3.8) is 0 Å². The third-order valence-electron chi connectivity index (χ3n) is 6.08. The van der Waals surface area contributed by atoms with Crippen LogP contribution in [0.2, 0.25) is 0 Å². The largest absolute Gasteiger partial charge is 0.339 e. The Labute approximate surface area is 160 Å². The zero-order chi connectivity index (χ0) is 19.0. The molecule has 27 heavy (non-hydrogen) atoms. The number of carbonyl (C=O) groups excluding carboxylic acids is 1. The number of benzene rings is 2. The molecular formula is C23H27FN2O. The average molecular weight is 366 g/mol. The summed E-state index contributed by atoms with van der Waals surface area (Å²) in [5.74, 6) is -0.193. The predicted octanol–water partition coefficient (Wildman–Crippen LogP) is 4.59. The van der Waals surface area contributed by atoms with E-state index in [1.165, 1.54) is 29.2 Å². The predicted molar refractivity (Wildman–Crippen MR) is 105 cm³/mol. The van der Waals surface area contributed by atoms with Crippen molar-refractivity contribution in [2.75, 3.05) is 6.54 Å². The minimum atomic E-state index is -0.239. The van der Waals surface area contributed by atoms with Gasteiger partial charge in [0.15, 0.2) is 0 Å². The number of rotatable bonds is 2. The first-order valence-electron chi connectivity index (χ1n) is 9.91. The number of fused-ring (bicyclic) bond motifs is 2. The van der Waals surface area contributed by atoms with Crippen LogP contribution in [0.1, 0.15) is 66.1 Å². The van der Waals surface area contributed by atoms with Gasteiger partial charge in [-0.1, -0.05) is 24.3 Å². The van der Waals surface area contributed by atoms with E-state index in [0.29, 0.717) is 19.1 Å². The molecule has 0 bridgehead atoms. The van der Waals surface area contributed by atoms with Gasteiger partial charge in [0, 0.05) is 32.1 Å². The molecule has 2 unspecified atom stereocenters. The molecule has 0 aromatic heterocycles. The lowest BCUT2D eigenvalue weighted by Gasteiger charge is -2.32. The number of hydrogen-bond acceptors (Lipinski definition) is 2. The molecule has 1 aliphatic heterocycles. The number of carbonyl (C=O) groups is 1. The first-order valence-corrected chi connectivity index (χ1v) is 9.91. The van der Waals surface area contributed by atoms with Crippen LogP contribution in [-0.4, -0.2) is 17.4 Å². The van der Waals surface area contributed by atoms with Crippen LogP contribution in [0.25, 0.3) is 0 Å². The second-order valence-electron chi connectivity index (χ2n) is 7.88. The Balaban J connectivity index is 1.66. The van der Waals surface area contributed by atoms with Crippen LogP contribution >= 0.6 is 0 Å². The number of amides is 1. The molecule has 4 heteroatoms. The number of halogens is 1. The van der Waals surface area contributed by atoms with Crippen molar-refractivity contribution in [2.24, 2.45) is 0 Å². The molecule has 3 nitrogen and oxygen atoms in total. The SMILES string of the molecule is CC(=O)N1CCC(NC2CCCc3cccc(C)c32)c2ccc(F)cc2C1. The van der Waals surface area contributed by atoms with E-state index in [4.69, 9.17) is 0 Å². The van der Waals surface area contributed by atoms with Gasteiger partial charge in [0.2, 0.25) is 5.91 Å². The van der Waals surface area contributed by atoms with E-state index in [2.05, 4.69) is 30.4 Å². The summed E-state index contributed by atoms with van der Waals surface area (Å²) in [7, 11) is 0. The average Bonchev–Trinajstić information content (AvgIpc) is 2.81. The molecular weight excluding hydrogens is 339 g/mol. The van der Waals surface area contributed by atoms with Gasteiger partial charge in [0.05, 0.1) is 0 Å². The molecule has 142 valence electrons. The lowest BCUT2D eigenvalue weighted by atomic mass is 9.84. The van der Waals surface area contributed by atoms with Gasteiger partial charge >= 0.3 is 0 Å². The molecule has 0 saturated carbocycles. The summed E-state index contributed by atoms with van der Waals surface area (Å²) in [6.07, 6.45) is 4.27. The van der Waals surface area contributed by atoms with Crippen LogP contribution in [0.5, 0.6) is 0 Å². The van der Waals surface area contributed by atoms with Gasteiger partial charge in [-0.3, -0.25) is 4.79 Å². The molecule has 2 aliphatic rings. The molecule has 2 aromatic carbocycles. The van der Waals surface area contributed by atoms with Crippen LogP contribution in [0.3, 0.4) is 0 Å². The highest BCUT2D eigenvalue weighted by Gasteiger charge is 2.28. The van der Waals surface area contributed by atoms with Gasteiger partial charge in [0.1, 0.15) is 5.82 Å². The van der Waals surface area contributed by atoms with Crippen LogP contribution in [0, 0.1) is 12.7 Å². The number of nitrogens with zero attached hydrogens (tertiary/aromatic N) is 1. The van der Waals surface area contributed by atoms with Gasteiger partial charge in [-0.15, -0.1) is 0 Å². The summed E-state index contributed by atoms with van der Waals surface area (Å²) < 4.78 is 13.9. The van der Waals surface area contributed by atoms with E-state index in [-0.39, 0.29) is 17.8 Å². The smallest absolute Gasteiger partial charge is 0.219 e. The monoisotopic (exact) mass is 366 g/mol. The second-order valence-corrected chi connectivity index (χ2v) is 7.88. The topological polar surface area (TPSA) is 32.3 Å². The molecule has 0 radical (unpaired) electrons. The van der Waals surface area contributed by atoms with Crippen molar-refractivity contribution in [1.29, 1.82) is 0 Å². The van der Waals surface area contributed by atoms with Gasteiger partial charge in [-0.2, -0.15) is 0 Å². The third-order valence-corrected chi connectivity index (χ3v) is 6.08. The fourth-order valence-electron chi connectivity index (χ4n) is 4.73. The highest BCUT2D eigenvalue weighted by molar-refractivity contribution is 5.73. The summed E-state index contributed by atoms with van der Waals surface area (Å²) in [5.41, 5.74) is 6.25. The lowest BCUT2D eigenvalue weighted by molar-refractivity contribution is -0.129. The van der Waals surface area contributed by atoms with Gasteiger partial charge < -0.3 is 10.2 Å². The van der Waals surface area contributed by atoms with Crippen molar-refractivity contribution < 1.29 is 9.18 Å². The summed E-state index contributed by atoms with van der Waals surface area (Å²) in [6, 6.07) is 12.0. The lowest BCUT2D eigenvalue weighted by Crippen LogP contribution is -2.32. The van der Waals surface area contributed by atoms with Gasteiger partial charge in [-0.05, 0) is 72.6 Å². The van der Waals surface area contributed by atoms with Gasteiger partial charge in [0.25, 0.3) is 0 Å². The molecule has 0 fully saturated rings. The van der Waals surface area contributed by atoms with E-state index >= 15 is 0 Å². The molecule has 1 aliphatic carbocycles. The molecule has 1 heterocycles. The Kier molecular flexibility index (Phi) is 5.00. The maximum Gasteiger partial charge on any atom is 0.219 e. The molecule has 1 amide bonds. The van der Waals surface area contributed by atoms with Crippen molar-refractivity contribution in [3.8, 4) is 0 Å². The second kappa shape index (κ2) is 7.43. The van der Waals surface area contributed by atoms with Crippen LogP contribution in [0.4, 0.5) is 4.39 Å². The number of nitrogens with one attached hydrogen (secondary N) is 1. The highest BCUT2D eigenvalue weighted by Crippen LogP contribution is 2.36. The maximum absolute atomic E-state index is 13.9. The highest BCUT2D eigenvalue weighted by atomic mass is 19.1. The summed E-state index contributed by atoms with van der Waals surface area (Å²) in [5, 5.41) is 3.87. The molecule has 0 saturated heterocycles. The van der Waals surface area contributed by atoms with E-state index in [9.17, 15) is 9.18 Å². The van der Waals surface area contributed by atoms with Crippen LogP contribution < -0.4 is 5.32 Å². The van der Waals surface area contributed by atoms with E-state index in [1.54, 1.807) is 13.0 Å². The van der Waals surface area contributed by atoms with Crippen molar-refractivity contribution in [3.05, 3.63) is 70.0 Å². The minimum absolute atomic E-state index is 0.0460. The molecule has 4 rings (SSSR count). The number of aryl methyl sites for hydroxylation is 2. The molecule has 2 aromatic rings. The van der Waals surface area contributed by atoms with Crippen LogP contribution in [0.15, 0.2) is 36.4 Å². The first kappa shape index (κ1) is 18.2. The first-order chi connectivity index (χ1) is 13.0. The van der Waals surface area contributed by atoms with E-state index in [0.717, 1.165) is 30.4 Å². The Morgan fingerprint density at radius 1 is 1.15 bits per heavy atom. The minimum Gasteiger partial charge on any atom is -0.339 e. The quantitative estimate of drug-likeness (QED) is 0.843. The molecule has 1 N–H and O–H groups in total. The summed E-state index contributed by atoms with van der Waals surface area (Å²) in [4.78, 5) is 13.8. The van der Waals surface area contributed by atoms with Crippen molar-refractivity contribution in [1.82, 2.24) is 10.2 Å². The van der Waals surface area contributed by atoms with E-state index in [1.807, 2.05) is 11.0 Å². The number of hydrogen-bond donors (Lipinski definition) is 1. The summed E-state index contributed by atoms with van der Waals surface area (Å²) >= 11 is 0. The molecule has 0 spiro atoms. The fraction of sp³-hybridized carbons (Fsp3) is 0.435.